The quantitative estimate of drug-likeness (QED) is 0.309. The van der Waals surface area contributed by atoms with Gasteiger partial charge in [0, 0.05) is 21.9 Å². The SMILES string of the molecule is Cc1cc(I)ccc1NC(=O)CSc1nnc([C@H](NC(=O)c2ccccc2)C(C)C)n1C. The summed E-state index contributed by atoms with van der Waals surface area (Å²) >= 11 is 3.56. The molecule has 3 rings (SSSR count). The molecular formula is C23H26IN5O2S. The van der Waals surface area contributed by atoms with E-state index in [0.29, 0.717) is 16.5 Å². The second-order valence-electron chi connectivity index (χ2n) is 7.76. The van der Waals surface area contributed by atoms with Gasteiger partial charge in [-0.1, -0.05) is 43.8 Å². The third-order valence-electron chi connectivity index (χ3n) is 4.93. The lowest BCUT2D eigenvalue weighted by Gasteiger charge is -2.21. The van der Waals surface area contributed by atoms with Gasteiger partial charge in [-0.2, -0.15) is 0 Å². The molecule has 1 heterocycles. The molecule has 0 unspecified atom stereocenters. The topological polar surface area (TPSA) is 88.9 Å². The lowest BCUT2D eigenvalue weighted by Crippen LogP contribution is -2.33. The molecule has 0 fully saturated rings. The van der Waals surface area contributed by atoms with E-state index in [9.17, 15) is 9.59 Å². The third-order valence-corrected chi connectivity index (χ3v) is 6.62. The highest BCUT2D eigenvalue weighted by atomic mass is 127. The molecule has 0 aliphatic carbocycles. The molecule has 168 valence electrons. The first kappa shape index (κ1) is 24.2. The van der Waals surface area contributed by atoms with Gasteiger partial charge in [0.1, 0.15) is 0 Å². The second-order valence-corrected chi connectivity index (χ2v) is 9.95. The van der Waals surface area contributed by atoms with Crippen molar-refractivity contribution in [3.05, 3.63) is 69.1 Å². The third kappa shape index (κ3) is 6.10. The van der Waals surface area contributed by atoms with Crippen LogP contribution in [-0.4, -0.2) is 32.3 Å². The normalized spacial score (nSPS) is 11.9. The first-order chi connectivity index (χ1) is 15.3. The maximum atomic E-state index is 12.7. The fourth-order valence-electron chi connectivity index (χ4n) is 3.15. The van der Waals surface area contributed by atoms with E-state index in [1.54, 1.807) is 12.1 Å². The van der Waals surface area contributed by atoms with Crippen molar-refractivity contribution in [1.29, 1.82) is 0 Å². The molecule has 0 saturated carbocycles. The largest absolute Gasteiger partial charge is 0.342 e. The molecule has 0 saturated heterocycles. The number of aryl methyl sites for hydroxylation is 1. The number of rotatable bonds is 8. The van der Waals surface area contributed by atoms with E-state index in [1.807, 2.05) is 68.8 Å². The number of carbonyl (C=O) groups excluding carboxylic acids is 2. The highest BCUT2D eigenvalue weighted by molar-refractivity contribution is 14.1. The number of halogens is 1. The maximum Gasteiger partial charge on any atom is 0.251 e. The molecule has 3 aromatic rings. The monoisotopic (exact) mass is 563 g/mol. The van der Waals surface area contributed by atoms with Crippen LogP contribution in [0.4, 0.5) is 5.69 Å². The summed E-state index contributed by atoms with van der Waals surface area (Å²) in [5, 5.41) is 15.2. The van der Waals surface area contributed by atoms with Gasteiger partial charge in [-0.15, -0.1) is 10.2 Å². The van der Waals surface area contributed by atoms with Gasteiger partial charge < -0.3 is 15.2 Å². The Bertz CT molecular complexity index is 1100. The molecule has 2 amide bonds. The van der Waals surface area contributed by atoms with Crippen molar-refractivity contribution in [3.8, 4) is 0 Å². The number of nitrogens with zero attached hydrogens (tertiary/aromatic N) is 3. The summed E-state index contributed by atoms with van der Waals surface area (Å²) in [6.07, 6.45) is 0. The molecule has 2 N–H and O–H groups in total. The van der Waals surface area contributed by atoms with E-state index < -0.39 is 0 Å². The van der Waals surface area contributed by atoms with E-state index in [4.69, 9.17) is 0 Å². The van der Waals surface area contributed by atoms with E-state index >= 15 is 0 Å². The van der Waals surface area contributed by atoms with Crippen molar-refractivity contribution < 1.29 is 9.59 Å². The van der Waals surface area contributed by atoms with Crippen LogP contribution in [-0.2, 0) is 11.8 Å². The van der Waals surface area contributed by atoms with Crippen molar-refractivity contribution in [2.24, 2.45) is 13.0 Å². The molecule has 2 aromatic carbocycles. The molecule has 9 heteroatoms. The zero-order valence-electron chi connectivity index (χ0n) is 18.4. The van der Waals surface area contributed by atoms with Crippen LogP contribution in [0.25, 0.3) is 0 Å². The zero-order chi connectivity index (χ0) is 23.3. The minimum absolute atomic E-state index is 0.107. The van der Waals surface area contributed by atoms with Crippen LogP contribution in [0.2, 0.25) is 0 Å². The molecule has 1 atom stereocenters. The van der Waals surface area contributed by atoms with Gasteiger partial charge in [-0.3, -0.25) is 9.59 Å². The van der Waals surface area contributed by atoms with Gasteiger partial charge in [-0.25, -0.2) is 0 Å². The highest BCUT2D eigenvalue weighted by Crippen LogP contribution is 2.25. The summed E-state index contributed by atoms with van der Waals surface area (Å²) < 4.78 is 2.96. The van der Waals surface area contributed by atoms with Crippen LogP contribution in [0.3, 0.4) is 0 Å². The van der Waals surface area contributed by atoms with Gasteiger partial charge in [0.2, 0.25) is 5.91 Å². The summed E-state index contributed by atoms with van der Waals surface area (Å²) in [5.74, 6) is 0.701. The lowest BCUT2D eigenvalue weighted by atomic mass is 10.0. The standard InChI is InChI=1S/C23H26IN5O2S/c1-14(2)20(26-22(31)16-8-6-5-7-9-16)21-27-28-23(29(21)4)32-13-19(30)25-18-11-10-17(24)12-15(18)3/h5-12,14,20H,13H2,1-4H3,(H,25,30)(H,26,31)/t20-/m1/s1. The number of amides is 2. The fraction of sp³-hybridized carbons (Fsp3) is 0.304. The van der Waals surface area contributed by atoms with Crippen molar-refractivity contribution in [3.63, 3.8) is 0 Å². The zero-order valence-corrected chi connectivity index (χ0v) is 21.4. The Kier molecular flexibility index (Phi) is 8.30. The van der Waals surface area contributed by atoms with E-state index in [0.717, 1.165) is 14.8 Å². The number of anilines is 1. The molecule has 0 radical (unpaired) electrons. The van der Waals surface area contributed by atoms with Crippen molar-refractivity contribution in [2.45, 2.75) is 32.0 Å². The molecule has 7 nitrogen and oxygen atoms in total. The highest BCUT2D eigenvalue weighted by Gasteiger charge is 2.25. The predicted octanol–water partition coefficient (Wildman–Crippen LogP) is 4.59. The summed E-state index contributed by atoms with van der Waals surface area (Å²) in [6.45, 7) is 6.01. The van der Waals surface area contributed by atoms with Crippen molar-refractivity contribution in [1.82, 2.24) is 20.1 Å². The minimum atomic E-state index is -0.308. The molecule has 0 aliphatic rings. The Labute approximate surface area is 205 Å². The lowest BCUT2D eigenvalue weighted by molar-refractivity contribution is -0.113. The second kappa shape index (κ2) is 11.0. The first-order valence-corrected chi connectivity index (χ1v) is 12.3. The summed E-state index contributed by atoms with van der Waals surface area (Å²) in [5.41, 5.74) is 2.42. The van der Waals surface area contributed by atoms with Crippen LogP contribution < -0.4 is 10.6 Å². The number of thioether (sulfide) groups is 1. The van der Waals surface area contributed by atoms with Gasteiger partial charge >= 0.3 is 0 Å². The van der Waals surface area contributed by atoms with E-state index in [2.05, 4.69) is 43.4 Å². The Morgan fingerprint density at radius 3 is 2.50 bits per heavy atom. The van der Waals surface area contributed by atoms with Crippen LogP contribution >= 0.6 is 34.4 Å². The molecule has 0 spiro atoms. The Morgan fingerprint density at radius 1 is 1.12 bits per heavy atom. The van der Waals surface area contributed by atoms with Crippen LogP contribution in [0.15, 0.2) is 53.7 Å². The summed E-state index contributed by atoms with van der Waals surface area (Å²) in [4.78, 5) is 25.1. The molecule has 1 aromatic heterocycles. The Hall–Kier alpha value is -2.40. The number of benzene rings is 2. The predicted molar refractivity (Wildman–Crippen MR) is 136 cm³/mol. The maximum absolute atomic E-state index is 12.7. The average molecular weight is 563 g/mol. The number of hydrogen-bond donors (Lipinski definition) is 2. The molecule has 32 heavy (non-hydrogen) atoms. The van der Waals surface area contributed by atoms with Crippen LogP contribution in [0.1, 0.15) is 41.6 Å². The summed E-state index contributed by atoms with van der Waals surface area (Å²) in [6, 6.07) is 14.7. The van der Waals surface area contributed by atoms with Gasteiger partial charge in [0.15, 0.2) is 11.0 Å². The van der Waals surface area contributed by atoms with Gasteiger partial charge in [0.05, 0.1) is 11.8 Å². The molecule has 0 bridgehead atoms. The Morgan fingerprint density at radius 2 is 1.84 bits per heavy atom. The van der Waals surface area contributed by atoms with E-state index in [-0.39, 0.29) is 29.5 Å². The van der Waals surface area contributed by atoms with Crippen LogP contribution in [0, 0.1) is 16.4 Å². The van der Waals surface area contributed by atoms with Crippen LogP contribution in [0.5, 0.6) is 0 Å². The Balaban J connectivity index is 1.66. The number of carbonyl (C=O) groups is 2. The average Bonchev–Trinajstić information content (AvgIpc) is 3.12. The minimum Gasteiger partial charge on any atom is -0.342 e. The van der Waals surface area contributed by atoms with Gasteiger partial charge in [0.25, 0.3) is 5.91 Å². The first-order valence-electron chi connectivity index (χ1n) is 10.2. The van der Waals surface area contributed by atoms with E-state index in [1.165, 1.54) is 11.8 Å². The fourth-order valence-corrected chi connectivity index (χ4v) is 4.51. The smallest absolute Gasteiger partial charge is 0.251 e. The molecular weight excluding hydrogens is 537 g/mol. The number of hydrogen-bond acceptors (Lipinski definition) is 5. The van der Waals surface area contributed by atoms with Gasteiger partial charge in [-0.05, 0) is 71.3 Å². The summed E-state index contributed by atoms with van der Waals surface area (Å²) in [7, 11) is 1.85. The van der Waals surface area contributed by atoms with Crippen molar-refractivity contribution in [2.75, 3.05) is 11.1 Å². The molecule has 0 aliphatic heterocycles. The number of nitrogens with one attached hydrogen (secondary N) is 2. The number of aromatic nitrogens is 3. The van der Waals surface area contributed by atoms with Crippen molar-refractivity contribution >= 4 is 51.9 Å².